The van der Waals surface area contributed by atoms with E-state index in [2.05, 4.69) is 34.6 Å². The van der Waals surface area contributed by atoms with Crippen molar-refractivity contribution in [2.45, 2.75) is 0 Å². The molecule has 3 N–H and O–H groups in total. The van der Waals surface area contributed by atoms with Crippen LogP contribution in [0, 0.1) is 0 Å². The number of nitrogens with one attached hydrogen (secondary N) is 1. The minimum atomic E-state index is -0.0754. The average Bonchev–Trinajstić information content (AvgIpc) is 3.18. The van der Waals surface area contributed by atoms with Crippen molar-refractivity contribution in [1.82, 2.24) is 15.2 Å². The lowest BCUT2D eigenvalue weighted by molar-refractivity contribution is 0.0951. The summed E-state index contributed by atoms with van der Waals surface area (Å²) in [4.78, 5) is 19.9. The fraction of sp³-hybridized carbons (Fsp3) is 0.167. The van der Waals surface area contributed by atoms with Crippen molar-refractivity contribution in [2.24, 2.45) is 0 Å². The summed E-state index contributed by atoms with van der Waals surface area (Å²) in [7, 11) is 3.96. The van der Waals surface area contributed by atoms with Crippen LogP contribution in [0.2, 0.25) is 0 Å². The zero-order chi connectivity index (χ0) is 21.1. The highest BCUT2D eigenvalue weighted by molar-refractivity contribution is 7.22. The van der Waals surface area contributed by atoms with Crippen LogP contribution in [-0.2, 0) is 0 Å². The molecule has 4 rings (SSSR count). The highest BCUT2D eigenvalue weighted by atomic mass is 32.1. The summed E-state index contributed by atoms with van der Waals surface area (Å²) < 4.78 is 1.25. The molecule has 0 aliphatic rings. The van der Waals surface area contributed by atoms with Crippen molar-refractivity contribution in [3.05, 3.63) is 72.4 Å². The number of anilines is 1. The van der Waals surface area contributed by atoms with Gasteiger partial charge in [-0.2, -0.15) is 0 Å². The molecule has 0 aliphatic carbocycles. The maximum absolute atomic E-state index is 12.3. The highest BCUT2D eigenvalue weighted by Gasteiger charge is 2.11. The quantitative estimate of drug-likeness (QED) is 0.485. The fourth-order valence-electron chi connectivity index (χ4n) is 3.26. The number of nitrogens with two attached hydrogens (primary N) is 1. The van der Waals surface area contributed by atoms with Crippen molar-refractivity contribution in [3.8, 4) is 21.6 Å². The van der Waals surface area contributed by atoms with E-state index in [0.29, 0.717) is 17.9 Å². The number of benzene rings is 2. The van der Waals surface area contributed by atoms with Crippen molar-refractivity contribution in [2.75, 3.05) is 32.9 Å². The molecule has 2 aromatic heterocycles. The number of hydrogen-bond acceptors (Lipinski definition) is 5. The monoisotopic (exact) mass is 416 g/mol. The van der Waals surface area contributed by atoms with Crippen molar-refractivity contribution >= 4 is 33.1 Å². The Morgan fingerprint density at radius 1 is 1.07 bits per heavy atom. The summed E-state index contributed by atoms with van der Waals surface area (Å²) in [5.41, 5.74) is 9.64. The Kier molecular flexibility index (Phi) is 5.79. The maximum Gasteiger partial charge on any atom is 0.251 e. The Morgan fingerprint density at radius 2 is 1.83 bits per heavy atom. The van der Waals surface area contributed by atoms with E-state index in [4.69, 9.17) is 5.73 Å². The number of pyridine rings is 1. The molecule has 0 fully saturated rings. The second-order valence-electron chi connectivity index (χ2n) is 7.44. The number of carbonyl (C=O) groups excluding carboxylic acids is 1. The molecule has 30 heavy (non-hydrogen) atoms. The summed E-state index contributed by atoms with van der Waals surface area (Å²) in [6.07, 6.45) is 1.82. The molecule has 0 saturated heterocycles. The molecule has 0 saturated carbocycles. The normalized spacial score (nSPS) is 11.2. The van der Waals surface area contributed by atoms with Crippen molar-refractivity contribution in [3.63, 3.8) is 0 Å². The molecule has 2 aromatic carbocycles. The molecule has 0 atom stereocenters. The van der Waals surface area contributed by atoms with Crippen LogP contribution in [0.5, 0.6) is 0 Å². The van der Waals surface area contributed by atoms with E-state index in [1.165, 1.54) is 10.1 Å². The van der Waals surface area contributed by atoms with Crippen LogP contribution >= 0.6 is 11.3 Å². The van der Waals surface area contributed by atoms with Gasteiger partial charge in [-0.25, -0.2) is 4.98 Å². The van der Waals surface area contributed by atoms with Gasteiger partial charge >= 0.3 is 0 Å². The van der Waals surface area contributed by atoms with Crippen LogP contribution < -0.4 is 11.1 Å². The highest BCUT2D eigenvalue weighted by Crippen LogP contribution is 2.36. The first-order valence-electron chi connectivity index (χ1n) is 9.79. The maximum atomic E-state index is 12.3. The van der Waals surface area contributed by atoms with Gasteiger partial charge in [0.1, 0.15) is 5.82 Å². The van der Waals surface area contributed by atoms with Crippen LogP contribution in [0.1, 0.15) is 10.4 Å². The van der Waals surface area contributed by atoms with Gasteiger partial charge in [0.15, 0.2) is 0 Å². The van der Waals surface area contributed by atoms with Gasteiger partial charge < -0.3 is 16.0 Å². The zero-order valence-electron chi connectivity index (χ0n) is 17.1. The number of aromatic nitrogens is 1. The predicted molar refractivity (Wildman–Crippen MR) is 126 cm³/mol. The molecule has 152 valence electrons. The van der Waals surface area contributed by atoms with Crippen molar-refractivity contribution < 1.29 is 4.79 Å². The lowest BCUT2D eigenvalue weighted by atomic mass is 10.0. The Morgan fingerprint density at radius 3 is 2.57 bits per heavy atom. The van der Waals surface area contributed by atoms with E-state index in [1.807, 2.05) is 61.6 Å². The number of carbonyl (C=O) groups is 1. The minimum absolute atomic E-state index is 0.0754. The second-order valence-corrected chi connectivity index (χ2v) is 8.53. The van der Waals surface area contributed by atoms with E-state index < -0.39 is 0 Å². The summed E-state index contributed by atoms with van der Waals surface area (Å²) in [5.74, 6) is 0.400. The number of hydrogen-bond donors (Lipinski definition) is 2. The van der Waals surface area contributed by atoms with Gasteiger partial charge in [0.05, 0.1) is 0 Å². The molecule has 2 heterocycles. The number of nitrogens with zero attached hydrogens (tertiary/aromatic N) is 2. The molecule has 0 aliphatic heterocycles. The lowest BCUT2D eigenvalue weighted by Crippen LogP contribution is -2.31. The summed E-state index contributed by atoms with van der Waals surface area (Å²) in [6.45, 7) is 1.41. The Balaban J connectivity index is 1.58. The average molecular weight is 417 g/mol. The fourth-order valence-corrected chi connectivity index (χ4v) is 4.31. The Labute approximate surface area is 180 Å². The summed E-state index contributed by atoms with van der Waals surface area (Å²) in [5, 5.41) is 4.15. The smallest absolute Gasteiger partial charge is 0.251 e. The largest absolute Gasteiger partial charge is 0.383 e. The SMILES string of the molecule is CN(C)CCNC(=O)c1ccc(-c2cc(-c3cc4ccccc4s3)cnc2N)cc1. The number of thiophene rings is 1. The van der Waals surface area contributed by atoms with E-state index in [9.17, 15) is 4.79 Å². The number of rotatable bonds is 6. The minimum Gasteiger partial charge on any atom is -0.383 e. The Bertz CT molecular complexity index is 1150. The topological polar surface area (TPSA) is 71.2 Å². The van der Waals surface area contributed by atoms with E-state index >= 15 is 0 Å². The number of likely N-dealkylation sites (N-methyl/N-ethyl adjacent to an activating group) is 1. The third-order valence-electron chi connectivity index (χ3n) is 4.93. The van der Waals surface area contributed by atoms with Crippen LogP contribution in [0.25, 0.3) is 31.7 Å². The van der Waals surface area contributed by atoms with E-state index in [1.54, 1.807) is 11.3 Å². The van der Waals surface area contributed by atoms with Gasteiger partial charge in [0.25, 0.3) is 5.91 Å². The summed E-state index contributed by atoms with van der Waals surface area (Å²) in [6, 6.07) is 20.1. The number of amides is 1. The molecule has 0 radical (unpaired) electrons. The molecular formula is C24H24N4OS. The van der Waals surface area contributed by atoms with Gasteiger partial charge in [-0.3, -0.25) is 4.79 Å². The molecular weight excluding hydrogens is 392 g/mol. The third kappa shape index (κ3) is 4.35. The van der Waals surface area contributed by atoms with E-state index in [-0.39, 0.29) is 5.91 Å². The lowest BCUT2D eigenvalue weighted by Gasteiger charge is -2.11. The predicted octanol–water partition coefficient (Wildman–Crippen LogP) is 4.50. The summed E-state index contributed by atoms with van der Waals surface area (Å²) >= 11 is 1.74. The van der Waals surface area contributed by atoms with Gasteiger partial charge in [-0.1, -0.05) is 30.3 Å². The van der Waals surface area contributed by atoms with E-state index in [0.717, 1.165) is 28.1 Å². The molecule has 6 heteroatoms. The first kappa shape index (κ1) is 20.1. The van der Waals surface area contributed by atoms with Crippen LogP contribution in [0.3, 0.4) is 0 Å². The molecule has 0 spiro atoms. The zero-order valence-corrected chi connectivity index (χ0v) is 17.9. The van der Waals surface area contributed by atoms with Crippen LogP contribution in [0.4, 0.5) is 5.82 Å². The number of nitrogen functional groups attached to an aromatic ring is 1. The second kappa shape index (κ2) is 8.65. The molecule has 0 bridgehead atoms. The molecule has 5 nitrogen and oxygen atoms in total. The van der Waals surface area contributed by atoms with Gasteiger partial charge in [-0.05, 0) is 55.4 Å². The first-order valence-corrected chi connectivity index (χ1v) is 10.6. The van der Waals surface area contributed by atoms with Crippen molar-refractivity contribution in [1.29, 1.82) is 0 Å². The van der Waals surface area contributed by atoms with Gasteiger partial charge in [0, 0.05) is 45.6 Å². The standard InChI is InChI=1S/C24H24N4OS/c1-28(2)12-11-26-24(29)17-9-7-16(8-10-17)20-13-19(15-27-23(20)25)22-14-18-5-3-4-6-21(18)30-22/h3-10,13-15H,11-12H2,1-2H3,(H2,25,27)(H,26,29). The van der Waals surface area contributed by atoms with Gasteiger partial charge in [-0.15, -0.1) is 11.3 Å². The van der Waals surface area contributed by atoms with Gasteiger partial charge in [0.2, 0.25) is 0 Å². The van der Waals surface area contributed by atoms with Crippen LogP contribution in [-0.4, -0.2) is 43.0 Å². The molecule has 1 amide bonds. The number of fused-ring (bicyclic) bond motifs is 1. The molecule has 4 aromatic rings. The Hall–Kier alpha value is -3.22. The van der Waals surface area contributed by atoms with Crippen LogP contribution in [0.15, 0.2) is 66.9 Å². The first-order chi connectivity index (χ1) is 14.5. The molecule has 0 unspecified atom stereocenters. The third-order valence-corrected chi connectivity index (χ3v) is 6.10.